The Hall–Kier alpha value is -0.120. The van der Waals surface area contributed by atoms with Crippen LogP contribution in [0.25, 0.3) is 0 Å². The maximum absolute atomic E-state index is 5.82. The number of rotatable bonds is 6. The maximum atomic E-state index is 5.82. The van der Waals surface area contributed by atoms with Gasteiger partial charge >= 0.3 is 0 Å². The largest absolute Gasteiger partial charge is 0.380 e. The first-order chi connectivity index (χ1) is 7.09. The highest BCUT2D eigenvalue weighted by atomic mass is 16.5. The van der Waals surface area contributed by atoms with Crippen molar-refractivity contribution in [3.63, 3.8) is 0 Å². The van der Waals surface area contributed by atoms with Crippen LogP contribution in [0, 0.1) is 5.92 Å². The first kappa shape index (κ1) is 12.9. The molecule has 0 saturated heterocycles. The molecule has 15 heavy (non-hydrogen) atoms. The molecule has 0 aromatic heterocycles. The normalized spacial score (nSPS) is 30.4. The van der Waals surface area contributed by atoms with Crippen LogP contribution >= 0.6 is 0 Å². The number of ether oxygens (including phenoxy) is 1. The van der Waals surface area contributed by atoms with Crippen molar-refractivity contribution in [1.29, 1.82) is 0 Å². The number of nitrogens with two attached hydrogens (primary N) is 1. The Morgan fingerprint density at radius 1 is 1.47 bits per heavy atom. The molecule has 3 heteroatoms. The first-order valence-corrected chi connectivity index (χ1v) is 6.15. The summed E-state index contributed by atoms with van der Waals surface area (Å²) in [4.78, 5) is 0. The van der Waals surface area contributed by atoms with Crippen LogP contribution in [0.1, 0.15) is 40.0 Å². The topological polar surface area (TPSA) is 47.3 Å². The average Bonchev–Trinajstić information content (AvgIpc) is 2.61. The van der Waals surface area contributed by atoms with Gasteiger partial charge in [-0.3, -0.25) is 0 Å². The molecule has 1 fully saturated rings. The van der Waals surface area contributed by atoms with Gasteiger partial charge in [0.1, 0.15) is 0 Å². The molecular weight excluding hydrogens is 188 g/mol. The van der Waals surface area contributed by atoms with Crippen LogP contribution in [0.15, 0.2) is 0 Å². The molecule has 0 heterocycles. The predicted octanol–water partition coefficient (Wildman–Crippen LogP) is 1.52. The minimum atomic E-state index is -0.0509. The van der Waals surface area contributed by atoms with Crippen LogP contribution in [-0.2, 0) is 4.74 Å². The highest BCUT2D eigenvalue weighted by molar-refractivity contribution is 4.90. The molecule has 1 aliphatic rings. The summed E-state index contributed by atoms with van der Waals surface area (Å²) in [5, 5.41) is 3.66. The summed E-state index contributed by atoms with van der Waals surface area (Å²) in [5.41, 5.74) is 5.77. The SMILES string of the molecule is CCOCC(C)(CN)NC1CCC(C)C1. The van der Waals surface area contributed by atoms with Crippen molar-refractivity contribution in [2.75, 3.05) is 19.8 Å². The van der Waals surface area contributed by atoms with E-state index in [1.807, 2.05) is 6.92 Å². The molecule has 0 radical (unpaired) electrons. The van der Waals surface area contributed by atoms with Gasteiger partial charge in [-0.15, -0.1) is 0 Å². The van der Waals surface area contributed by atoms with Gasteiger partial charge in [0.15, 0.2) is 0 Å². The summed E-state index contributed by atoms with van der Waals surface area (Å²) in [5.74, 6) is 0.858. The zero-order valence-electron chi connectivity index (χ0n) is 10.4. The molecule has 0 amide bonds. The van der Waals surface area contributed by atoms with Crippen molar-refractivity contribution in [2.45, 2.75) is 51.6 Å². The molecule has 3 unspecified atom stereocenters. The Morgan fingerprint density at radius 3 is 2.67 bits per heavy atom. The second-order valence-corrected chi connectivity index (χ2v) is 5.16. The van der Waals surface area contributed by atoms with E-state index in [9.17, 15) is 0 Å². The van der Waals surface area contributed by atoms with E-state index in [0.717, 1.165) is 12.5 Å². The molecule has 3 atom stereocenters. The van der Waals surface area contributed by atoms with Gasteiger partial charge in [0, 0.05) is 19.2 Å². The van der Waals surface area contributed by atoms with Gasteiger partial charge in [-0.25, -0.2) is 0 Å². The lowest BCUT2D eigenvalue weighted by molar-refractivity contribution is 0.0815. The van der Waals surface area contributed by atoms with Crippen molar-refractivity contribution >= 4 is 0 Å². The Morgan fingerprint density at radius 2 is 2.20 bits per heavy atom. The molecule has 0 bridgehead atoms. The van der Waals surface area contributed by atoms with E-state index >= 15 is 0 Å². The van der Waals surface area contributed by atoms with Crippen molar-refractivity contribution in [3.05, 3.63) is 0 Å². The summed E-state index contributed by atoms with van der Waals surface area (Å²) in [6.45, 7) is 8.62. The van der Waals surface area contributed by atoms with Crippen molar-refractivity contribution in [1.82, 2.24) is 5.32 Å². The fraction of sp³-hybridized carbons (Fsp3) is 1.00. The molecule has 90 valence electrons. The Labute approximate surface area is 93.8 Å². The second-order valence-electron chi connectivity index (χ2n) is 5.16. The van der Waals surface area contributed by atoms with Crippen LogP contribution in [0.3, 0.4) is 0 Å². The molecular formula is C12H26N2O. The van der Waals surface area contributed by atoms with Crippen LogP contribution in [-0.4, -0.2) is 31.3 Å². The standard InChI is InChI=1S/C12H26N2O/c1-4-15-9-12(3,8-13)14-11-6-5-10(2)7-11/h10-11,14H,4-9,13H2,1-3H3. The molecule has 0 spiro atoms. The second kappa shape index (κ2) is 5.83. The molecule has 0 aromatic rings. The summed E-state index contributed by atoms with van der Waals surface area (Å²) in [6.07, 6.45) is 3.90. The van der Waals surface area contributed by atoms with E-state index in [1.165, 1.54) is 19.3 Å². The lowest BCUT2D eigenvalue weighted by atomic mass is 10.0. The van der Waals surface area contributed by atoms with Crippen LogP contribution in [0.5, 0.6) is 0 Å². The molecule has 1 aliphatic carbocycles. The summed E-state index contributed by atoms with van der Waals surface area (Å²) >= 11 is 0. The Kier molecular flexibility index (Phi) is 5.03. The van der Waals surface area contributed by atoms with E-state index in [1.54, 1.807) is 0 Å². The molecule has 0 aliphatic heterocycles. The molecule has 1 rings (SSSR count). The predicted molar refractivity (Wildman–Crippen MR) is 63.9 cm³/mol. The highest BCUT2D eigenvalue weighted by Crippen LogP contribution is 2.26. The highest BCUT2D eigenvalue weighted by Gasteiger charge is 2.29. The van der Waals surface area contributed by atoms with Crippen molar-refractivity contribution < 1.29 is 4.74 Å². The first-order valence-electron chi connectivity index (χ1n) is 6.15. The summed E-state index contributed by atoms with van der Waals surface area (Å²) < 4.78 is 5.48. The number of hydrogen-bond acceptors (Lipinski definition) is 3. The zero-order valence-corrected chi connectivity index (χ0v) is 10.4. The van der Waals surface area contributed by atoms with E-state index in [4.69, 9.17) is 10.5 Å². The average molecular weight is 214 g/mol. The lowest BCUT2D eigenvalue weighted by Crippen LogP contribution is -2.55. The van der Waals surface area contributed by atoms with Gasteiger partial charge in [-0.1, -0.05) is 6.92 Å². The Bertz CT molecular complexity index is 186. The Balaban J connectivity index is 2.37. The lowest BCUT2D eigenvalue weighted by Gasteiger charge is -2.32. The molecule has 3 N–H and O–H groups in total. The van der Waals surface area contributed by atoms with Crippen LogP contribution in [0.4, 0.5) is 0 Å². The molecule has 1 saturated carbocycles. The van der Waals surface area contributed by atoms with E-state index < -0.39 is 0 Å². The third-order valence-corrected chi connectivity index (χ3v) is 3.32. The monoisotopic (exact) mass is 214 g/mol. The van der Waals surface area contributed by atoms with E-state index in [0.29, 0.717) is 19.2 Å². The van der Waals surface area contributed by atoms with Crippen molar-refractivity contribution in [2.24, 2.45) is 11.7 Å². The molecule has 0 aromatic carbocycles. The van der Waals surface area contributed by atoms with Crippen molar-refractivity contribution in [3.8, 4) is 0 Å². The fourth-order valence-corrected chi connectivity index (χ4v) is 2.32. The van der Waals surface area contributed by atoms with Gasteiger partial charge in [-0.2, -0.15) is 0 Å². The smallest absolute Gasteiger partial charge is 0.0657 e. The van der Waals surface area contributed by atoms with Gasteiger partial charge in [0.25, 0.3) is 0 Å². The minimum absolute atomic E-state index is 0.0509. The van der Waals surface area contributed by atoms with Gasteiger partial charge in [0.2, 0.25) is 0 Å². The van der Waals surface area contributed by atoms with E-state index in [2.05, 4.69) is 19.2 Å². The summed E-state index contributed by atoms with van der Waals surface area (Å²) in [6, 6.07) is 0.633. The molecule has 3 nitrogen and oxygen atoms in total. The zero-order chi connectivity index (χ0) is 11.3. The number of hydrogen-bond donors (Lipinski definition) is 2. The third kappa shape index (κ3) is 4.09. The minimum Gasteiger partial charge on any atom is -0.380 e. The van der Waals surface area contributed by atoms with Gasteiger partial charge in [0.05, 0.1) is 12.1 Å². The van der Waals surface area contributed by atoms with Gasteiger partial charge in [-0.05, 0) is 39.0 Å². The van der Waals surface area contributed by atoms with Gasteiger partial charge < -0.3 is 15.8 Å². The third-order valence-electron chi connectivity index (χ3n) is 3.32. The quantitative estimate of drug-likeness (QED) is 0.705. The summed E-state index contributed by atoms with van der Waals surface area (Å²) in [7, 11) is 0. The fourth-order valence-electron chi connectivity index (χ4n) is 2.32. The van der Waals surface area contributed by atoms with Crippen LogP contribution < -0.4 is 11.1 Å². The maximum Gasteiger partial charge on any atom is 0.0657 e. The van der Waals surface area contributed by atoms with Crippen LogP contribution in [0.2, 0.25) is 0 Å². The van der Waals surface area contributed by atoms with E-state index in [-0.39, 0.29) is 5.54 Å². The number of nitrogens with one attached hydrogen (secondary N) is 1.